The zero-order valence-electron chi connectivity index (χ0n) is 14.7. The molecular weight excluding hydrogens is 392 g/mol. The number of fused-ring (bicyclic) bond motifs is 1. The van der Waals surface area contributed by atoms with Crippen molar-refractivity contribution in [3.63, 3.8) is 0 Å². The highest BCUT2D eigenvalue weighted by molar-refractivity contribution is 7.15. The van der Waals surface area contributed by atoms with E-state index < -0.39 is 17.2 Å². The van der Waals surface area contributed by atoms with Gasteiger partial charge in [-0.25, -0.2) is 9.36 Å². The average molecular weight is 404 g/mol. The van der Waals surface area contributed by atoms with Gasteiger partial charge in [0.2, 0.25) is 5.13 Å². The van der Waals surface area contributed by atoms with Crippen LogP contribution in [0.5, 0.6) is 0 Å². The lowest BCUT2D eigenvalue weighted by Gasteiger charge is -2.07. The molecule has 4 aromatic rings. The summed E-state index contributed by atoms with van der Waals surface area (Å²) in [6.45, 7) is 0. The van der Waals surface area contributed by atoms with Crippen LogP contribution in [0.4, 0.5) is 5.13 Å². The van der Waals surface area contributed by atoms with Crippen molar-refractivity contribution in [2.45, 2.75) is 6.42 Å². The highest BCUT2D eigenvalue weighted by Gasteiger charge is 2.12. The Bertz CT molecular complexity index is 1380. The number of nitriles is 1. The van der Waals surface area contributed by atoms with Gasteiger partial charge in [-0.15, -0.1) is 10.2 Å². The number of aromatic nitrogens is 4. The Hall–Kier alpha value is -4.10. The van der Waals surface area contributed by atoms with Gasteiger partial charge in [0.1, 0.15) is 5.01 Å². The van der Waals surface area contributed by atoms with Crippen LogP contribution in [0.25, 0.3) is 16.6 Å². The van der Waals surface area contributed by atoms with E-state index in [0.29, 0.717) is 27.2 Å². The molecule has 142 valence electrons. The molecule has 0 saturated carbocycles. The summed E-state index contributed by atoms with van der Waals surface area (Å²) in [6.07, 6.45) is 0.122. The average Bonchev–Trinajstić information content (AvgIpc) is 3.15. The van der Waals surface area contributed by atoms with Gasteiger partial charge in [-0.3, -0.25) is 14.9 Å². The molecule has 0 bridgehead atoms. The third kappa shape index (κ3) is 3.54. The number of carbonyl (C=O) groups is 1. The number of carbonyl (C=O) groups excluding carboxylic acids is 1. The van der Waals surface area contributed by atoms with Crippen LogP contribution in [0.3, 0.4) is 0 Å². The number of hydrogen-bond donors (Lipinski definition) is 2. The smallest absolute Gasteiger partial charge is 0.306 e. The van der Waals surface area contributed by atoms with Crippen LogP contribution < -0.4 is 16.6 Å². The molecule has 0 aliphatic carbocycles. The molecule has 2 heterocycles. The van der Waals surface area contributed by atoms with Crippen LogP contribution in [-0.2, 0) is 6.42 Å². The van der Waals surface area contributed by atoms with E-state index in [4.69, 9.17) is 5.26 Å². The normalized spacial score (nSPS) is 10.6. The van der Waals surface area contributed by atoms with Crippen LogP contribution in [-0.4, -0.2) is 25.7 Å². The molecule has 2 aromatic carbocycles. The molecule has 29 heavy (non-hydrogen) atoms. The van der Waals surface area contributed by atoms with E-state index in [0.717, 1.165) is 15.9 Å². The lowest BCUT2D eigenvalue weighted by molar-refractivity contribution is 0.102. The number of rotatable bonds is 4. The Morgan fingerprint density at radius 3 is 2.66 bits per heavy atom. The number of anilines is 1. The lowest BCUT2D eigenvalue weighted by atomic mass is 10.2. The lowest BCUT2D eigenvalue weighted by Crippen LogP contribution is -2.33. The van der Waals surface area contributed by atoms with Crippen LogP contribution in [0, 0.1) is 11.3 Å². The van der Waals surface area contributed by atoms with Crippen molar-refractivity contribution in [3.05, 3.63) is 79.9 Å². The summed E-state index contributed by atoms with van der Waals surface area (Å²) in [5, 5.41) is 20.1. The molecule has 0 aliphatic rings. The highest BCUT2D eigenvalue weighted by atomic mass is 32.1. The summed E-state index contributed by atoms with van der Waals surface area (Å²) >= 11 is 1.12. The Morgan fingerprint density at radius 2 is 1.90 bits per heavy atom. The fraction of sp³-hybridized carbons (Fsp3) is 0.0526. The summed E-state index contributed by atoms with van der Waals surface area (Å²) in [5.41, 5.74) is 0.106. The molecule has 1 amide bonds. The standard InChI is InChI=1S/C19H12N6O3S/c20-10-9-15-23-24-18(29-15)22-16(26)11-5-7-12(8-6-11)25-17(27)13-3-1-2-4-14(13)21-19(25)28/h1-8H,9H2,(H,21,28)(H,22,24,26). The van der Waals surface area contributed by atoms with E-state index in [9.17, 15) is 14.4 Å². The quantitative estimate of drug-likeness (QED) is 0.533. The number of nitrogens with zero attached hydrogens (tertiary/aromatic N) is 4. The molecule has 4 rings (SSSR count). The minimum absolute atomic E-state index is 0.122. The summed E-state index contributed by atoms with van der Waals surface area (Å²) in [5.74, 6) is -0.420. The number of amides is 1. The van der Waals surface area contributed by atoms with Crippen molar-refractivity contribution in [2.75, 3.05) is 5.32 Å². The third-order valence-corrected chi connectivity index (χ3v) is 4.95. The molecule has 0 radical (unpaired) electrons. The van der Waals surface area contributed by atoms with Crippen molar-refractivity contribution in [1.82, 2.24) is 19.7 Å². The second kappa shape index (κ2) is 7.49. The summed E-state index contributed by atoms with van der Waals surface area (Å²) in [4.78, 5) is 40.1. The third-order valence-electron chi connectivity index (χ3n) is 4.11. The van der Waals surface area contributed by atoms with Crippen molar-refractivity contribution < 1.29 is 4.79 Å². The number of aromatic amines is 1. The molecule has 10 heteroatoms. The fourth-order valence-corrected chi connectivity index (χ4v) is 3.44. The van der Waals surface area contributed by atoms with Gasteiger partial charge in [-0.1, -0.05) is 23.5 Å². The molecule has 0 spiro atoms. The zero-order chi connectivity index (χ0) is 20.4. The molecule has 0 unspecified atom stereocenters. The number of hydrogen-bond acceptors (Lipinski definition) is 7. The van der Waals surface area contributed by atoms with Crippen LogP contribution in [0.15, 0.2) is 58.1 Å². The highest BCUT2D eigenvalue weighted by Crippen LogP contribution is 2.17. The van der Waals surface area contributed by atoms with E-state index in [1.165, 1.54) is 24.3 Å². The van der Waals surface area contributed by atoms with E-state index in [1.54, 1.807) is 24.3 Å². The summed E-state index contributed by atoms with van der Waals surface area (Å²) in [7, 11) is 0. The topological polar surface area (TPSA) is 134 Å². The van der Waals surface area contributed by atoms with Crippen molar-refractivity contribution >= 4 is 33.3 Å². The van der Waals surface area contributed by atoms with Crippen molar-refractivity contribution in [3.8, 4) is 11.8 Å². The monoisotopic (exact) mass is 404 g/mol. The molecule has 9 nitrogen and oxygen atoms in total. The SMILES string of the molecule is N#CCc1nnc(NC(=O)c2ccc(-n3c(=O)[nH]c4ccccc4c3=O)cc2)s1. The van der Waals surface area contributed by atoms with Gasteiger partial charge in [-0.05, 0) is 36.4 Å². The van der Waals surface area contributed by atoms with Crippen molar-refractivity contribution in [1.29, 1.82) is 5.26 Å². The summed E-state index contributed by atoms with van der Waals surface area (Å²) < 4.78 is 1.02. The van der Waals surface area contributed by atoms with E-state index in [-0.39, 0.29) is 11.6 Å². The minimum atomic E-state index is -0.565. The van der Waals surface area contributed by atoms with Gasteiger partial charge in [0.15, 0.2) is 0 Å². The molecule has 0 aliphatic heterocycles. The van der Waals surface area contributed by atoms with Gasteiger partial charge in [-0.2, -0.15) is 5.26 Å². The maximum absolute atomic E-state index is 12.7. The molecule has 0 saturated heterocycles. The van der Waals surface area contributed by atoms with Crippen LogP contribution >= 0.6 is 11.3 Å². The van der Waals surface area contributed by atoms with Gasteiger partial charge in [0.05, 0.1) is 29.1 Å². The number of nitrogens with one attached hydrogen (secondary N) is 2. The van der Waals surface area contributed by atoms with Crippen molar-refractivity contribution in [2.24, 2.45) is 0 Å². The van der Waals surface area contributed by atoms with Gasteiger partial charge in [0.25, 0.3) is 11.5 Å². The first-order valence-corrected chi connectivity index (χ1v) is 9.23. The van der Waals surface area contributed by atoms with Gasteiger partial charge < -0.3 is 4.98 Å². The maximum Gasteiger partial charge on any atom is 0.333 e. The van der Waals surface area contributed by atoms with E-state index in [2.05, 4.69) is 20.5 Å². The minimum Gasteiger partial charge on any atom is -0.306 e. The predicted molar refractivity (Wildman–Crippen MR) is 107 cm³/mol. The van der Waals surface area contributed by atoms with E-state index >= 15 is 0 Å². The first-order valence-electron chi connectivity index (χ1n) is 8.42. The molecule has 0 fully saturated rings. The number of benzene rings is 2. The first kappa shape index (κ1) is 18.3. The second-order valence-corrected chi connectivity index (χ2v) is 7.02. The maximum atomic E-state index is 12.7. The second-order valence-electron chi connectivity index (χ2n) is 5.95. The number of H-pyrrole nitrogens is 1. The molecular formula is C19H12N6O3S. The Morgan fingerprint density at radius 1 is 1.14 bits per heavy atom. The van der Waals surface area contributed by atoms with Crippen LogP contribution in [0.2, 0.25) is 0 Å². The zero-order valence-corrected chi connectivity index (χ0v) is 15.6. The fourth-order valence-electron chi connectivity index (χ4n) is 2.77. The summed E-state index contributed by atoms with van der Waals surface area (Å²) in [6, 6.07) is 14.7. The molecule has 0 atom stereocenters. The number of para-hydroxylation sites is 1. The molecule has 2 N–H and O–H groups in total. The largest absolute Gasteiger partial charge is 0.333 e. The molecule has 2 aromatic heterocycles. The Kier molecular flexibility index (Phi) is 4.72. The van der Waals surface area contributed by atoms with Crippen LogP contribution in [0.1, 0.15) is 15.4 Å². The first-order chi connectivity index (χ1) is 14.1. The predicted octanol–water partition coefficient (Wildman–Crippen LogP) is 1.85. The van der Waals surface area contributed by atoms with Gasteiger partial charge >= 0.3 is 5.69 Å². The Balaban J connectivity index is 1.62. The van der Waals surface area contributed by atoms with Gasteiger partial charge in [0, 0.05) is 5.56 Å². The Labute approximate surface area is 166 Å². The van der Waals surface area contributed by atoms with E-state index in [1.807, 2.05) is 6.07 Å².